The highest BCUT2D eigenvalue weighted by Gasteiger charge is 2.26. The van der Waals surface area contributed by atoms with Crippen molar-refractivity contribution >= 4 is 16.8 Å². The Morgan fingerprint density at radius 1 is 1.07 bits per heavy atom. The molecule has 1 aliphatic heterocycles. The molecule has 1 unspecified atom stereocenters. The topological polar surface area (TPSA) is 25.2 Å². The minimum Gasteiger partial charge on any atom is -0.340 e. The van der Waals surface area contributed by atoms with Crippen LogP contribution in [-0.4, -0.2) is 28.0 Å². The van der Waals surface area contributed by atoms with Crippen LogP contribution >= 0.6 is 0 Å². The van der Waals surface area contributed by atoms with E-state index in [0.29, 0.717) is 6.04 Å². The number of amides is 1. The van der Waals surface area contributed by atoms with E-state index in [1.165, 1.54) is 34.1 Å². The molecular weight excluding hydrogens is 344 g/mol. The van der Waals surface area contributed by atoms with Gasteiger partial charge in [-0.1, -0.05) is 37.3 Å². The second-order valence-corrected chi connectivity index (χ2v) is 8.07. The summed E-state index contributed by atoms with van der Waals surface area (Å²) in [6.07, 6.45) is 4.54. The van der Waals surface area contributed by atoms with E-state index in [1.54, 1.807) is 0 Å². The number of carbonyl (C=O) groups excluding carboxylic acids is 1. The van der Waals surface area contributed by atoms with Crippen molar-refractivity contribution in [3.05, 3.63) is 70.9 Å². The minimum absolute atomic E-state index is 0.196. The largest absolute Gasteiger partial charge is 0.340 e. The quantitative estimate of drug-likeness (QED) is 0.574. The molecule has 3 aromatic rings. The molecule has 0 spiro atoms. The van der Waals surface area contributed by atoms with E-state index in [9.17, 15) is 4.79 Å². The molecule has 146 valence electrons. The van der Waals surface area contributed by atoms with Crippen LogP contribution in [0.2, 0.25) is 0 Å². The highest BCUT2D eigenvalue weighted by atomic mass is 16.2. The lowest BCUT2D eigenvalue weighted by molar-refractivity contribution is 0.0608. The standard InChI is InChI=1S/C25H30N2O/c1-4-22-12-8-9-15-26(22)25(28)21-13-14-24-23(16-21)18(2)19(3)27(24)17-20-10-6-5-7-11-20/h5-7,10-11,13-14,16,22H,4,8-9,12,15,17H2,1-3H3. The van der Waals surface area contributed by atoms with Crippen molar-refractivity contribution in [1.29, 1.82) is 0 Å². The summed E-state index contributed by atoms with van der Waals surface area (Å²) in [6.45, 7) is 8.29. The summed E-state index contributed by atoms with van der Waals surface area (Å²) in [4.78, 5) is 15.3. The Balaban J connectivity index is 1.70. The van der Waals surface area contributed by atoms with Gasteiger partial charge in [0.05, 0.1) is 0 Å². The Bertz CT molecular complexity index is 987. The smallest absolute Gasteiger partial charge is 0.254 e. The van der Waals surface area contributed by atoms with Gasteiger partial charge in [-0.25, -0.2) is 0 Å². The third-order valence-electron chi connectivity index (χ3n) is 6.43. The molecule has 0 aliphatic carbocycles. The molecule has 2 aromatic carbocycles. The van der Waals surface area contributed by atoms with Crippen molar-refractivity contribution in [3.63, 3.8) is 0 Å². The molecule has 1 saturated heterocycles. The molecule has 1 aromatic heterocycles. The number of aromatic nitrogens is 1. The predicted molar refractivity (Wildman–Crippen MR) is 116 cm³/mol. The number of hydrogen-bond donors (Lipinski definition) is 0. The Morgan fingerprint density at radius 3 is 2.61 bits per heavy atom. The highest BCUT2D eigenvalue weighted by Crippen LogP contribution is 2.29. The van der Waals surface area contributed by atoms with E-state index in [1.807, 2.05) is 6.07 Å². The third-order valence-corrected chi connectivity index (χ3v) is 6.43. The fourth-order valence-corrected chi connectivity index (χ4v) is 4.61. The zero-order valence-electron chi connectivity index (χ0n) is 17.2. The number of nitrogens with zero attached hydrogens (tertiary/aromatic N) is 2. The second-order valence-electron chi connectivity index (χ2n) is 8.07. The first-order valence-electron chi connectivity index (χ1n) is 10.5. The highest BCUT2D eigenvalue weighted by molar-refractivity contribution is 5.99. The molecule has 1 amide bonds. The first kappa shape index (κ1) is 18.8. The van der Waals surface area contributed by atoms with Crippen LogP contribution in [-0.2, 0) is 6.54 Å². The third kappa shape index (κ3) is 3.34. The van der Waals surface area contributed by atoms with Gasteiger partial charge in [0, 0.05) is 41.3 Å². The average Bonchev–Trinajstić information content (AvgIpc) is 2.98. The van der Waals surface area contributed by atoms with Crippen LogP contribution in [0, 0.1) is 13.8 Å². The molecule has 1 fully saturated rings. The van der Waals surface area contributed by atoms with Crippen molar-refractivity contribution in [2.45, 2.75) is 59.0 Å². The molecule has 0 N–H and O–H groups in total. The Hall–Kier alpha value is -2.55. The number of rotatable bonds is 4. The maximum atomic E-state index is 13.2. The molecule has 1 atom stereocenters. The summed E-state index contributed by atoms with van der Waals surface area (Å²) in [7, 11) is 0. The van der Waals surface area contributed by atoms with Crippen molar-refractivity contribution < 1.29 is 4.79 Å². The van der Waals surface area contributed by atoms with E-state index in [-0.39, 0.29) is 5.91 Å². The summed E-state index contributed by atoms with van der Waals surface area (Å²) in [5, 5.41) is 1.20. The lowest BCUT2D eigenvalue weighted by Gasteiger charge is -2.35. The van der Waals surface area contributed by atoms with Crippen molar-refractivity contribution in [2.75, 3.05) is 6.54 Å². The summed E-state index contributed by atoms with van der Waals surface area (Å²) in [5.41, 5.74) is 5.87. The van der Waals surface area contributed by atoms with Gasteiger partial charge in [-0.05, 0) is 68.9 Å². The van der Waals surface area contributed by atoms with E-state index in [0.717, 1.165) is 37.9 Å². The SMILES string of the molecule is CCC1CCCCN1C(=O)c1ccc2c(c1)c(C)c(C)n2Cc1ccccc1. The van der Waals surface area contributed by atoms with Gasteiger partial charge in [-0.3, -0.25) is 4.79 Å². The molecule has 3 heteroatoms. The van der Waals surface area contributed by atoms with Crippen LogP contribution in [0.25, 0.3) is 10.9 Å². The summed E-state index contributed by atoms with van der Waals surface area (Å²) in [6, 6.07) is 17.2. The van der Waals surface area contributed by atoms with Gasteiger partial charge < -0.3 is 9.47 Å². The predicted octanol–water partition coefficient (Wildman–Crippen LogP) is 5.71. The van der Waals surface area contributed by atoms with Crippen molar-refractivity contribution in [1.82, 2.24) is 9.47 Å². The molecule has 0 bridgehead atoms. The number of aryl methyl sites for hydroxylation is 1. The van der Waals surface area contributed by atoms with Crippen LogP contribution in [0.1, 0.15) is 59.8 Å². The number of hydrogen-bond acceptors (Lipinski definition) is 1. The van der Waals surface area contributed by atoms with E-state index >= 15 is 0 Å². The minimum atomic E-state index is 0.196. The molecular formula is C25H30N2O. The molecule has 0 radical (unpaired) electrons. The molecule has 2 heterocycles. The van der Waals surface area contributed by atoms with Crippen LogP contribution in [0.3, 0.4) is 0 Å². The van der Waals surface area contributed by atoms with Gasteiger partial charge in [0.1, 0.15) is 0 Å². The summed E-state index contributed by atoms with van der Waals surface area (Å²) in [5.74, 6) is 0.196. The van der Waals surface area contributed by atoms with Gasteiger partial charge in [-0.2, -0.15) is 0 Å². The average molecular weight is 375 g/mol. The summed E-state index contributed by atoms with van der Waals surface area (Å²) >= 11 is 0. The molecule has 3 nitrogen and oxygen atoms in total. The Kier molecular flexibility index (Phi) is 5.25. The Morgan fingerprint density at radius 2 is 1.86 bits per heavy atom. The zero-order valence-corrected chi connectivity index (χ0v) is 17.2. The Labute approximate surface area is 168 Å². The van der Waals surface area contributed by atoms with Gasteiger partial charge >= 0.3 is 0 Å². The van der Waals surface area contributed by atoms with Gasteiger partial charge in [-0.15, -0.1) is 0 Å². The van der Waals surface area contributed by atoms with Crippen LogP contribution in [0.4, 0.5) is 0 Å². The maximum absolute atomic E-state index is 13.2. The van der Waals surface area contributed by atoms with E-state index < -0.39 is 0 Å². The second kappa shape index (κ2) is 7.83. The maximum Gasteiger partial charge on any atom is 0.254 e. The van der Waals surface area contributed by atoms with Gasteiger partial charge in [0.25, 0.3) is 5.91 Å². The zero-order chi connectivity index (χ0) is 19.7. The summed E-state index contributed by atoms with van der Waals surface area (Å²) < 4.78 is 2.37. The normalized spacial score (nSPS) is 17.2. The van der Waals surface area contributed by atoms with Crippen LogP contribution < -0.4 is 0 Å². The van der Waals surface area contributed by atoms with E-state index in [4.69, 9.17) is 0 Å². The first-order chi connectivity index (χ1) is 13.6. The molecule has 28 heavy (non-hydrogen) atoms. The van der Waals surface area contributed by atoms with E-state index in [2.05, 4.69) is 72.7 Å². The van der Waals surface area contributed by atoms with Gasteiger partial charge in [0.15, 0.2) is 0 Å². The first-order valence-corrected chi connectivity index (χ1v) is 10.5. The number of piperidine rings is 1. The molecule has 1 aliphatic rings. The van der Waals surface area contributed by atoms with Crippen molar-refractivity contribution in [3.8, 4) is 0 Å². The van der Waals surface area contributed by atoms with Crippen LogP contribution in [0.15, 0.2) is 48.5 Å². The number of likely N-dealkylation sites (tertiary alicyclic amines) is 1. The number of benzene rings is 2. The van der Waals surface area contributed by atoms with Gasteiger partial charge in [0.2, 0.25) is 0 Å². The lowest BCUT2D eigenvalue weighted by atomic mass is 9.98. The number of carbonyl (C=O) groups is 1. The lowest BCUT2D eigenvalue weighted by Crippen LogP contribution is -2.43. The van der Waals surface area contributed by atoms with Crippen LogP contribution in [0.5, 0.6) is 0 Å². The fourth-order valence-electron chi connectivity index (χ4n) is 4.61. The van der Waals surface area contributed by atoms with Crippen molar-refractivity contribution in [2.24, 2.45) is 0 Å². The molecule has 4 rings (SSSR count). The number of fused-ring (bicyclic) bond motifs is 1. The monoisotopic (exact) mass is 374 g/mol. The fraction of sp³-hybridized carbons (Fsp3) is 0.400. The molecule has 0 saturated carbocycles.